The number of halogens is 2. The smallest absolute Gasteiger partial charge is 0.252 e. The summed E-state index contributed by atoms with van der Waals surface area (Å²) in [5.74, 6) is -2.07. The van der Waals surface area contributed by atoms with E-state index in [1.165, 1.54) is 17.4 Å². The molecule has 1 amide bonds. The van der Waals surface area contributed by atoms with Gasteiger partial charge in [-0.3, -0.25) is 10.1 Å². The first-order valence-corrected chi connectivity index (χ1v) is 7.65. The second kappa shape index (κ2) is 8.66. The largest absolute Gasteiger partial charge is 0.382 e. The summed E-state index contributed by atoms with van der Waals surface area (Å²) in [5.41, 5.74) is 0.633. The number of methoxy groups -OCH3 is 1. The van der Waals surface area contributed by atoms with Crippen LogP contribution in [0, 0.1) is 11.6 Å². The molecule has 0 aliphatic rings. The Morgan fingerprint density at radius 2 is 2.13 bits per heavy atom. The zero-order chi connectivity index (χ0) is 16.7. The van der Waals surface area contributed by atoms with Crippen molar-refractivity contribution < 1.29 is 23.0 Å². The van der Waals surface area contributed by atoms with Crippen molar-refractivity contribution in [3.63, 3.8) is 0 Å². The lowest BCUT2D eigenvalue weighted by molar-refractivity contribution is -0.121. The third-order valence-electron chi connectivity index (χ3n) is 2.83. The van der Waals surface area contributed by atoms with Crippen LogP contribution in [-0.2, 0) is 20.7 Å². The molecule has 0 aliphatic carbocycles. The van der Waals surface area contributed by atoms with Crippen LogP contribution in [0.25, 0.3) is 0 Å². The van der Waals surface area contributed by atoms with Gasteiger partial charge in [-0.15, -0.1) is 11.3 Å². The molecule has 1 aromatic heterocycles. The van der Waals surface area contributed by atoms with Crippen LogP contribution in [0.2, 0.25) is 0 Å². The maximum atomic E-state index is 13.2. The Kier molecular flexibility index (Phi) is 6.57. The van der Waals surface area contributed by atoms with Gasteiger partial charge in [-0.1, -0.05) is 6.07 Å². The molecule has 0 radical (unpaired) electrons. The average molecular weight is 342 g/mol. The van der Waals surface area contributed by atoms with E-state index in [2.05, 4.69) is 10.3 Å². The molecular formula is C15H16F2N2O3S. The molecule has 2 aromatic rings. The Balaban J connectivity index is 1.85. The minimum atomic E-state index is -0.881. The molecule has 1 heterocycles. The van der Waals surface area contributed by atoms with Gasteiger partial charge >= 0.3 is 0 Å². The molecule has 0 aliphatic heterocycles. The standard InChI is InChI=1S/C15H16F2N2O3S/c1-21-4-5-22-9-14(20)19-15-18-8-11(23-15)6-10-2-3-12(16)13(17)7-10/h2-3,7-8H,4-6,9H2,1H3,(H,18,19,20). The van der Waals surface area contributed by atoms with Gasteiger partial charge in [0.2, 0.25) is 0 Å². The summed E-state index contributed by atoms with van der Waals surface area (Å²) in [7, 11) is 1.55. The van der Waals surface area contributed by atoms with Gasteiger partial charge < -0.3 is 9.47 Å². The first kappa shape index (κ1) is 17.5. The first-order chi connectivity index (χ1) is 11.1. The number of nitrogens with one attached hydrogen (secondary N) is 1. The lowest BCUT2D eigenvalue weighted by Crippen LogP contribution is -2.19. The Hall–Kier alpha value is -1.90. The molecule has 5 nitrogen and oxygen atoms in total. The molecule has 1 aromatic carbocycles. The number of aromatic nitrogens is 1. The van der Waals surface area contributed by atoms with E-state index < -0.39 is 11.6 Å². The summed E-state index contributed by atoms with van der Waals surface area (Å²) >= 11 is 1.27. The minimum absolute atomic E-state index is 0.0819. The maximum absolute atomic E-state index is 13.2. The van der Waals surface area contributed by atoms with Crippen LogP contribution in [0.1, 0.15) is 10.4 Å². The van der Waals surface area contributed by atoms with Crippen molar-refractivity contribution >= 4 is 22.4 Å². The van der Waals surface area contributed by atoms with Crippen molar-refractivity contribution in [2.24, 2.45) is 0 Å². The summed E-state index contributed by atoms with van der Waals surface area (Å²) < 4.78 is 35.9. The molecule has 124 valence electrons. The third kappa shape index (κ3) is 5.66. The van der Waals surface area contributed by atoms with Crippen LogP contribution in [-0.4, -0.2) is 37.8 Å². The van der Waals surface area contributed by atoms with Gasteiger partial charge in [0.25, 0.3) is 5.91 Å². The van der Waals surface area contributed by atoms with Crippen molar-refractivity contribution in [1.29, 1.82) is 0 Å². The number of anilines is 1. The fourth-order valence-electron chi connectivity index (χ4n) is 1.76. The lowest BCUT2D eigenvalue weighted by Gasteiger charge is -2.03. The van der Waals surface area contributed by atoms with E-state index in [9.17, 15) is 13.6 Å². The fraction of sp³-hybridized carbons (Fsp3) is 0.333. The van der Waals surface area contributed by atoms with Crippen molar-refractivity contribution in [3.8, 4) is 0 Å². The molecule has 0 spiro atoms. The zero-order valence-corrected chi connectivity index (χ0v) is 13.3. The van der Waals surface area contributed by atoms with Crippen LogP contribution in [0.5, 0.6) is 0 Å². The van der Waals surface area contributed by atoms with Crippen LogP contribution < -0.4 is 5.32 Å². The number of benzene rings is 1. The average Bonchev–Trinajstić information content (AvgIpc) is 2.94. The highest BCUT2D eigenvalue weighted by molar-refractivity contribution is 7.15. The Labute approximate surface area is 136 Å². The van der Waals surface area contributed by atoms with Crippen molar-refractivity contribution in [2.45, 2.75) is 6.42 Å². The van der Waals surface area contributed by atoms with Gasteiger partial charge in [0.1, 0.15) is 6.61 Å². The van der Waals surface area contributed by atoms with Gasteiger partial charge in [0.15, 0.2) is 16.8 Å². The van der Waals surface area contributed by atoms with Gasteiger partial charge in [0, 0.05) is 24.6 Å². The van der Waals surface area contributed by atoms with Gasteiger partial charge in [0.05, 0.1) is 13.2 Å². The highest BCUT2D eigenvalue weighted by atomic mass is 32.1. The summed E-state index contributed by atoms with van der Waals surface area (Å²) in [5, 5.41) is 3.05. The summed E-state index contributed by atoms with van der Waals surface area (Å²) in [6.07, 6.45) is 2.00. The monoisotopic (exact) mass is 342 g/mol. The molecule has 1 N–H and O–H groups in total. The van der Waals surface area contributed by atoms with E-state index in [4.69, 9.17) is 9.47 Å². The number of thiazole rings is 1. The molecule has 0 bridgehead atoms. The van der Waals surface area contributed by atoms with E-state index in [1.54, 1.807) is 13.3 Å². The zero-order valence-electron chi connectivity index (χ0n) is 12.5. The highest BCUT2D eigenvalue weighted by Gasteiger charge is 2.09. The number of hydrogen-bond donors (Lipinski definition) is 1. The molecule has 0 unspecified atom stereocenters. The summed E-state index contributed by atoms with van der Waals surface area (Å²) in [6, 6.07) is 3.75. The number of hydrogen-bond acceptors (Lipinski definition) is 5. The molecule has 0 saturated heterocycles. The van der Waals surface area contributed by atoms with Gasteiger partial charge in [-0.05, 0) is 17.7 Å². The molecule has 2 rings (SSSR count). The van der Waals surface area contributed by atoms with Crippen molar-refractivity contribution in [1.82, 2.24) is 4.98 Å². The number of carbonyl (C=O) groups is 1. The minimum Gasteiger partial charge on any atom is -0.382 e. The molecule has 8 heteroatoms. The normalized spacial score (nSPS) is 10.7. The highest BCUT2D eigenvalue weighted by Crippen LogP contribution is 2.22. The summed E-state index contributed by atoms with van der Waals surface area (Å²) in [6.45, 7) is 0.674. The van der Waals surface area contributed by atoms with E-state index in [-0.39, 0.29) is 12.5 Å². The van der Waals surface area contributed by atoms with Crippen LogP contribution in [0.3, 0.4) is 0 Å². The van der Waals surface area contributed by atoms with Crippen molar-refractivity contribution in [3.05, 3.63) is 46.5 Å². The number of amides is 1. The topological polar surface area (TPSA) is 60.5 Å². The molecule has 0 saturated carbocycles. The van der Waals surface area contributed by atoms with E-state index >= 15 is 0 Å². The van der Waals surface area contributed by atoms with Crippen molar-refractivity contribution in [2.75, 3.05) is 32.2 Å². The molecule has 0 fully saturated rings. The van der Waals surface area contributed by atoms with Crippen LogP contribution >= 0.6 is 11.3 Å². The first-order valence-electron chi connectivity index (χ1n) is 6.83. The van der Waals surface area contributed by atoms with Gasteiger partial charge in [-0.25, -0.2) is 13.8 Å². The maximum Gasteiger partial charge on any atom is 0.252 e. The molecule has 0 atom stereocenters. The van der Waals surface area contributed by atoms with Gasteiger partial charge in [-0.2, -0.15) is 0 Å². The predicted molar refractivity (Wildman–Crippen MR) is 82.6 cm³/mol. The molecular weight excluding hydrogens is 326 g/mol. The quantitative estimate of drug-likeness (QED) is 0.749. The Bertz CT molecular complexity index is 664. The van der Waals surface area contributed by atoms with E-state index in [0.29, 0.717) is 30.3 Å². The number of ether oxygens (including phenoxy) is 2. The SMILES string of the molecule is COCCOCC(=O)Nc1ncc(Cc2ccc(F)c(F)c2)s1. The fourth-order valence-corrected chi connectivity index (χ4v) is 2.62. The number of nitrogens with zero attached hydrogens (tertiary/aromatic N) is 1. The van der Waals surface area contributed by atoms with Crippen LogP contribution in [0.15, 0.2) is 24.4 Å². The van der Waals surface area contributed by atoms with E-state index in [1.807, 2.05) is 0 Å². The van der Waals surface area contributed by atoms with Crippen LogP contribution in [0.4, 0.5) is 13.9 Å². The Morgan fingerprint density at radius 1 is 1.30 bits per heavy atom. The Morgan fingerprint density at radius 3 is 2.87 bits per heavy atom. The second-order valence-electron chi connectivity index (χ2n) is 4.65. The number of rotatable bonds is 8. The lowest BCUT2D eigenvalue weighted by atomic mass is 10.1. The molecule has 23 heavy (non-hydrogen) atoms. The third-order valence-corrected chi connectivity index (χ3v) is 3.74. The predicted octanol–water partition coefficient (Wildman–Crippen LogP) is 2.61. The second-order valence-corrected chi connectivity index (χ2v) is 5.77. The van der Waals surface area contributed by atoms with E-state index in [0.717, 1.165) is 17.0 Å². The summed E-state index contributed by atoms with van der Waals surface area (Å²) in [4.78, 5) is 16.5. The number of carbonyl (C=O) groups excluding carboxylic acids is 1.